The lowest BCUT2D eigenvalue weighted by Gasteiger charge is -2.19. The second-order valence-electron chi connectivity index (χ2n) is 5.00. The Hall–Kier alpha value is -2.24. The number of para-hydroxylation sites is 1. The molecule has 0 saturated heterocycles. The molecule has 2 rings (SSSR count). The summed E-state index contributed by atoms with van der Waals surface area (Å²) >= 11 is 12.5. The number of carbonyl (C=O) groups is 2. The standard InChI is InChI=1S/C18H16Cl2O5.C2H6/c1-23-16(21)10-15(18(22)24-2)25-14-9-4-3-6-11(14)17-12(19)7-5-8-13(17)20;1-2/h3-9,15H,10H2,1-2H3;1-2H3. The third-order valence-electron chi connectivity index (χ3n) is 3.43. The second-order valence-corrected chi connectivity index (χ2v) is 5.82. The van der Waals surface area contributed by atoms with E-state index in [4.69, 9.17) is 32.7 Å². The minimum Gasteiger partial charge on any atom is -0.477 e. The minimum atomic E-state index is -1.15. The van der Waals surface area contributed by atoms with Crippen molar-refractivity contribution in [3.05, 3.63) is 52.5 Å². The van der Waals surface area contributed by atoms with E-state index in [9.17, 15) is 9.59 Å². The number of methoxy groups -OCH3 is 2. The lowest BCUT2D eigenvalue weighted by atomic mass is 10.0. The quantitative estimate of drug-likeness (QED) is 0.612. The van der Waals surface area contributed by atoms with Gasteiger partial charge in [0.05, 0.1) is 30.7 Å². The van der Waals surface area contributed by atoms with Crippen molar-refractivity contribution in [2.24, 2.45) is 0 Å². The van der Waals surface area contributed by atoms with E-state index in [1.54, 1.807) is 42.5 Å². The summed E-state index contributed by atoms with van der Waals surface area (Å²) in [5.41, 5.74) is 1.17. The van der Waals surface area contributed by atoms with Crippen molar-refractivity contribution in [2.75, 3.05) is 14.2 Å². The third-order valence-corrected chi connectivity index (χ3v) is 4.06. The highest BCUT2D eigenvalue weighted by Crippen LogP contribution is 2.40. The summed E-state index contributed by atoms with van der Waals surface area (Å²) in [5, 5.41) is 0.872. The lowest BCUT2D eigenvalue weighted by molar-refractivity contribution is -0.155. The van der Waals surface area contributed by atoms with Crippen molar-refractivity contribution >= 4 is 35.1 Å². The van der Waals surface area contributed by atoms with Crippen LogP contribution in [0.1, 0.15) is 20.3 Å². The molecular weight excluding hydrogens is 391 g/mol. The Balaban J connectivity index is 0.00000176. The number of rotatable bonds is 6. The van der Waals surface area contributed by atoms with Crippen LogP contribution in [0.3, 0.4) is 0 Å². The molecule has 1 unspecified atom stereocenters. The first-order valence-electron chi connectivity index (χ1n) is 8.32. The van der Waals surface area contributed by atoms with Crippen molar-refractivity contribution in [3.8, 4) is 16.9 Å². The zero-order valence-corrected chi connectivity index (χ0v) is 17.1. The number of hydrogen-bond donors (Lipinski definition) is 0. The lowest BCUT2D eigenvalue weighted by Crippen LogP contribution is -2.31. The molecule has 0 fully saturated rings. The molecule has 0 aliphatic rings. The Labute approximate surface area is 169 Å². The summed E-state index contributed by atoms with van der Waals surface area (Å²) in [4.78, 5) is 23.5. The Morgan fingerprint density at radius 1 is 0.926 bits per heavy atom. The van der Waals surface area contributed by atoms with E-state index in [-0.39, 0.29) is 6.42 Å². The molecule has 0 N–H and O–H groups in total. The van der Waals surface area contributed by atoms with Crippen molar-refractivity contribution in [1.82, 2.24) is 0 Å². The first kappa shape index (κ1) is 22.8. The summed E-state index contributed by atoms with van der Waals surface area (Å²) in [6.45, 7) is 4.00. The smallest absolute Gasteiger partial charge is 0.347 e. The molecule has 0 heterocycles. The summed E-state index contributed by atoms with van der Waals surface area (Å²) in [5.74, 6) is -0.939. The maximum atomic E-state index is 11.9. The number of halogens is 2. The molecule has 7 heteroatoms. The number of benzene rings is 2. The third kappa shape index (κ3) is 6.15. The molecule has 27 heavy (non-hydrogen) atoms. The fourth-order valence-electron chi connectivity index (χ4n) is 2.22. The second kappa shape index (κ2) is 11.5. The normalized spacial score (nSPS) is 10.9. The molecule has 0 aromatic heterocycles. The van der Waals surface area contributed by atoms with Gasteiger partial charge in [-0.05, 0) is 18.2 Å². The average molecular weight is 413 g/mol. The molecular formula is C20H22Cl2O5. The van der Waals surface area contributed by atoms with E-state index in [1.807, 2.05) is 13.8 Å². The van der Waals surface area contributed by atoms with E-state index in [2.05, 4.69) is 4.74 Å². The van der Waals surface area contributed by atoms with Crippen LogP contribution in [0.2, 0.25) is 10.0 Å². The minimum absolute atomic E-state index is 0.284. The van der Waals surface area contributed by atoms with E-state index in [1.165, 1.54) is 14.2 Å². The van der Waals surface area contributed by atoms with Gasteiger partial charge in [-0.1, -0.05) is 61.3 Å². The molecule has 1 atom stereocenters. The molecule has 2 aromatic carbocycles. The highest BCUT2D eigenvalue weighted by atomic mass is 35.5. The Bertz CT molecular complexity index is 756. The molecule has 0 aliphatic heterocycles. The Morgan fingerprint density at radius 3 is 2.07 bits per heavy atom. The number of esters is 2. The van der Waals surface area contributed by atoms with Crippen LogP contribution in [0.5, 0.6) is 5.75 Å². The number of ether oxygens (including phenoxy) is 3. The summed E-state index contributed by atoms with van der Waals surface area (Å²) in [6, 6.07) is 12.1. The SMILES string of the molecule is CC.COC(=O)CC(Oc1ccccc1-c1c(Cl)cccc1Cl)C(=O)OC. The van der Waals surface area contributed by atoms with Crippen LogP contribution < -0.4 is 4.74 Å². The molecule has 0 saturated carbocycles. The Kier molecular flexibility index (Phi) is 9.68. The monoisotopic (exact) mass is 412 g/mol. The van der Waals surface area contributed by atoms with Crippen molar-refractivity contribution in [3.63, 3.8) is 0 Å². The number of hydrogen-bond acceptors (Lipinski definition) is 5. The van der Waals surface area contributed by atoms with Gasteiger partial charge >= 0.3 is 11.9 Å². The van der Waals surface area contributed by atoms with Gasteiger partial charge in [0.15, 0.2) is 0 Å². The van der Waals surface area contributed by atoms with E-state index in [0.717, 1.165) is 0 Å². The molecule has 5 nitrogen and oxygen atoms in total. The molecule has 2 aromatic rings. The molecule has 0 bridgehead atoms. The van der Waals surface area contributed by atoms with Crippen LogP contribution in [0.4, 0.5) is 0 Å². The average Bonchev–Trinajstić information content (AvgIpc) is 2.69. The largest absolute Gasteiger partial charge is 0.477 e. The fourth-order valence-corrected chi connectivity index (χ4v) is 2.82. The fraction of sp³-hybridized carbons (Fsp3) is 0.300. The topological polar surface area (TPSA) is 61.8 Å². The van der Waals surface area contributed by atoms with Crippen LogP contribution in [0.25, 0.3) is 11.1 Å². The van der Waals surface area contributed by atoms with Gasteiger partial charge in [0.1, 0.15) is 5.75 Å². The zero-order valence-electron chi connectivity index (χ0n) is 15.6. The molecule has 0 spiro atoms. The van der Waals surface area contributed by atoms with Crippen LogP contribution in [-0.2, 0) is 19.1 Å². The zero-order chi connectivity index (χ0) is 20.4. The molecule has 0 aliphatic carbocycles. The highest BCUT2D eigenvalue weighted by molar-refractivity contribution is 6.39. The van der Waals surface area contributed by atoms with E-state index >= 15 is 0 Å². The van der Waals surface area contributed by atoms with Gasteiger partial charge in [0, 0.05) is 11.1 Å². The first-order chi connectivity index (χ1) is 13.0. The predicted molar refractivity (Wildman–Crippen MR) is 106 cm³/mol. The highest BCUT2D eigenvalue weighted by Gasteiger charge is 2.26. The van der Waals surface area contributed by atoms with Gasteiger partial charge in [-0.25, -0.2) is 4.79 Å². The van der Waals surface area contributed by atoms with Crippen LogP contribution in [-0.4, -0.2) is 32.3 Å². The molecule has 0 amide bonds. The number of carbonyl (C=O) groups excluding carboxylic acids is 2. The van der Waals surface area contributed by atoms with Gasteiger partial charge in [0.2, 0.25) is 6.10 Å². The van der Waals surface area contributed by atoms with E-state index in [0.29, 0.717) is 26.9 Å². The summed E-state index contributed by atoms with van der Waals surface area (Å²) in [6.07, 6.45) is -1.44. The van der Waals surface area contributed by atoms with Gasteiger partial charge in [-0.15, -0.1) is 0 Å². The van der Waals surface area contributed by atoms with Crippen molar-refractivity contribution in [1.29, 1.82) is 0 Å². The van der Waals surface area contributed by atoms with Crippen LogP contribution in [0.15, 0.2) is 42.5 Å². The Morgan fingerprint density at radius 2 is 1.52 bits per heavy atom. The van der Waals surface area contributed by atoms with Gasteiger partial charge in [-0.2, -0.15) is 0 Å². The maximum absolute atomic E-state index is 11.9. The predicted octanol–water partition coefficient (Wildman–Crippen LogP) is 5.17. The van der Waals surface area contributed by atoms with Gasteiger partial charge in [-0.3, -0.25) is 4.79 Å². The maximum Gasteiger partial charge on any atom is 0.347 e. The molecule has 0 radical (unpaired) electrons. The van der Waals surface area contributed by atoms with Gasteiger partial charge in [0.25, 0.3) is 0 Å². The van der Waals surface area contributed by atoms with Crippen molar-refractivity contribution in [2.45, 2.75) is 26.4 Å². The van der Waals surface area contributed by atoms with Gasteiger partial charge < -0.3 is 14.2 Å². The summed E-state index contributed by atoms with van der Waals surface area (Å²) in [7, 11) is 2.45. The van der Waals surface area contributed by atoms with Crippen LogP contribution in [0, 0.1) is 0 Å². The summed E-state index contributed by atoms with van der Waals surface area (Å²) < 4.78 is 15.0. The molecule has 146 valence electrons. The van der Waals surface area contributed by atoms with E-state index < -0.39 is 18.0 Å². The van der Waals surface area contributed by atoms with Crippen molar-refractivity contribution < 1.29 is 23.8 Å². The first-order valence-corrected chi connectivity index (χ1v) is 9.08. The van der Waals surface area contributed by atoms with Crippen LogP contribution >= 0.6 is 23.2 Å².